The molecule has 0 unspecified atom stereocenters. The summed E-state index contributed by atoms with van der Waals surface area (Å²) in [4.78, 5) is 2.43. The molecule has 0 amide bonds. The molecular weight excluding hydrogens is 347 g/mol. The third kappa shape index (κ3) is 4.19. The highest BCUT2D eigenvalue weighted by Gasteiger charge is 2.20. The fraction of sp³-hybridized carbons (Fsp3) is 0.300. The van der Waals surface area contributed by atoms with Crippen molar-refractivity contribution in [3.05, 3.63) is 71.0 Å². The molecule has 0 spiro atoms. The molecule has 2 aromatic carbocycles. The molecule has 1 N–H and O–H groups in total. The number of rotatable bonds is 5. The second-order valence-electron chi connectivity index (χ2n) is 6.55. The van der Waals surface area contributed by atoms with Crippen molar-refractivity contribution >= 4 is 22.2 Å². The first-order valence-electron chi connectivity index (χ1n) is 8.89. The van der Waals surface area contributed by atoms with Crippen LogP contribution in [0.25, 0.3) is 0 Å². The average molecular weight is 368 g/mol. The van der Waals surface area contributed by atoms with Crippen LogP contribution in [0.3, 0.4) is 0 Å². The van der Waals surface area contributed by atoms with Gasteiger partial charge in [-0.25, -0.2) is 4.39 Å². The van der Waals surface area contributed by atoms with Crippen molar-refractivity contribution in [2.75, 3.05) is 23.3 Å². The van der Waals surface area contributed by atoms with Crippen molar-refractivity contribution in [3.8, 4) is 0 Å². The Bertz CT molecular complexity index is 827. The Balaban J connectivity index is 1.30. The summed E-state index contributed by atoms with van der Waals surface area (Å²) in [5, 5.41) is 13.9. The molecule has 1 saturated heterocycles. The lowest BCUT2D eigenvalue weighted by Gasteiger charge is -2.33. The number of nitrogens with zero attached hydrogens (tertiary/aromatic N) is 3. The fourth-order valence-electron chi connectivity index (χ4n) is 3.26. The topological polar surface area (TPSA) is 41.1 Å². The van der Waals surface area contributed by atoms with E-state index in [4.69, 9.17) is 0 Å². The third-order valence-corrected chi connectivity index (χ3v) is 5.53. The number of aromatic nitrogens is 2. The van der Waals surface area contributed by atoms with E-state index < -0.39 is 0 Å². The molecule has 4 rings (SSSR count). The van der Waals surface area contributed by atoms with Crippen LogP contribution in [0.15, 0.2) is 54.6 Å². The molecule has 1 aromatic heterocycles. The Hall–Kier alpha value is -2.47. The van der Waals surface area contributed by atoms with Crippen molar-refractivity contribution in [2.24, 2.45) is 0 Å². The number of hydrogen-bond acceptors (Lipinski definition) is 5. The summed E-state index contributed by atoms with van der Waals surface area (Å²) in [7, 11) is 0. The lowest BCUT2D eigenvalue weighted by atomic mass is 10.0. The van der Waals surface area contributed by atoms with E-state index in [1.54, 1.807) is 23.5 Å². The fourth-order valence-corrected chi connectivity index (χ4v) is 4.11. The van der Waals surface area contributed by atoms with E-state index >= 15 is 0 Å². The molecule has 1 fully saturated rings. The normalized spacial score (nSPS) is 15.2. The summed E-state index contributed by atoms with van der Waals surface area (Å²) >= 11 is 1.58. The molecule has 2 heterocycles. The zero-order valence-corrected chi connectivity index (χ0v) is 15.3. The van der Waals surface area contributed by atoms with Gasteiger partial charge in [0.05, 0.1) is 0 Å². The van der Waals surface area contributed by atoms with E-state index in [1.807, 2.05) is 0 Å². The maximum Gasteiger partial charge on any atom is 0.205 e. The van der Waals surface area contributed by atoms with Gasteiger partial charge in [0.1, 0.15) is 10.8 Å². The number of anilines is 2. The van der Waals surface area contributed by atoms with Crippen LogP contribution >= 0.6 is 11.3 Å². The van der Waals surface area contributed by atoms with E-state index in [-0.39, 0.29) is 5.82 Å². The minimum absolute atomic E-state index is 0.213. The van der Waals surface area contributed by atoms with Crippen LogP contribution in [0.2, 0.25) is 0 Å². The van der Waals surface area contributed by atoms with Crippen LogP contribution < -0.4 is 10.2 Å². The van der Waals surface area contributed by atoms with E-state index in [2.05, 4.69) is 50.7 Å². The number of para-hydroxylation sites is 1. The van der Waals surface area contributed by atoms with Crippen molar-refractivity contribution in [1.82, 2.24) is 10.2 Å². The van der Waals surface area contributed by atoms with Crippen LogP contribution in [0, 0.1) is 5.82 Å². The van der Waals surface area contributed by atoms with Crippen LogP contribution in [-0.2, 0) is 6.42 Å². The first-order chi connectivity index (χ1) is 12.8. The van der Waals surface area contributed by atoms with Crippen molar-refractivity contribution in [2.45, 2.75) is 25.3 Å². The lowest BCUT2D eigenvalue weighted by molar-refractivity contribution is 0.526. The van der Waals surface area contributed by atoms with Gasteiger partial charge in [0.25, 0.3) is 0 Å². The lowest BCUT2D eigenvalue weighted by Crippen LogP contribution is -2.39. The Morgan fingerprint density at radius 3 is 2.46 bits per heavy atom. The van der Waals surface area contributed by atoms with Gasteiger partial charge in [-0.3, -0.25) is 0 Å². The molecule has 134 valence electrons. The van der Waals surface area contributed by atoms with Crippen molar-refractivity contribution in [1.29, 1.82) is 0 Å². The summed E-state index contributed by atoms with van der Waals surface area (Å²) in [5.74, 6) is -0.213. The van der Waals surface area contributed by atoms with Gasteiger partial charge in [0.2, 0.25) is 5.13 Å². The summed E-state index contributed by atoms with van der Waals surface area (Å²) in [6.45, 7) is 2.09. The van der Waals surface area contributed by atoms with Crippen LogP contribution in [-0.4, -0.2) is 29.3 Å². The van der Waals surface area contributed by atoms with Gasteiger partial charge in [0.15, 0.2) is 0 Å². The second kappa shape index (κ2) is 7.83. The zero-order valence-electron chi connectivity index (χ0n) is 14.4. The molecule has 1 aliphatic rings. The number of hydrogen-bond donors (Lipinski definition) is 1. The van der Waals surface area contributed by atoms with Gasteiger partial charge in [-0.05, 0) is 42.7 Å². The highest BCUT2D eigenvalue weighted by molar-refractivity contribution is 7.15. The van der Waals surface area contributed by atoms with Gasteiger partial charge in [0, 0.05) is 31.2 Å². The molecule has 3 aromatic rings. The van der Waals surface area contributed by atoms with E-state index in [1.165, 1.54) is 17.8 Å². The number of nitrogens with one attached hydrogen (secondary N) is 1. The SMILES string of the molecule is Fc1ccc(Cc2nnc(NC3CCN(c4ccccc4)CC3)s2)cc1. The molecular formula is C20H21FN4S. The predicted molar refractivity (Wildman–Crippen MR) is 104 cm³/mol. The average Bonchev–Trinajstić information content (AvgIpc) is 3.12. The summed E-state index contributed by atoms with van der Waals surface area (Å²) in [6.07, 6.45) is 2.86. The summed E-state index contributed by atoms with van der Waals surface area (Å²) in [5.41, 5.74) is 2.34. The van der Waals surface area contributed by atoms with Crippen LogP contribution in [0.5, 0.6) is 0 Å². The Labute approximate surface area is 156 Å². The van der Waals surface area contributed by atoms with Crippen molar-refractivity contribution in [3.63, 3.8) is 0 Å². The molecule has 0 bridgehead atoms. The molecule has 1 aliphatic heterocycles. The highest BCUT2D eigenvalue weighted by atomic mass is 32.1. The monoisotopic (exact) mass is 368 g/mol. The maximum atomic E-state index is 13.0. The molecule has 0 radical (unpaired) electrons. The van der Waals surface area contributed by atoms with Gasteiger partial charge >= 0.3 is 0 Å². The van der Waals surface area contributed by atoms with E-state index in [9.17, 15) is 4.39 Å². The molecule has 0 aliphatic carbocycles. The predicted octanol–water partition coefficient (Wildman–Crippen LogP) is 4.35. The minimum Gasteiger partial charge on any atom is -0.371 e. The molecule has 0 saturated carbocycles. The molecule has 6 heteroatoms. The second-order valence-corrected chi connectivity index (χ2v) is 7.61. The molecule has 4 nitrogen and oxygen atoms in total. The first kappa shape index (κ1) is 17.0. The van der Waals surface area contributed by atoms with Gasteiger partial charge in [-0.15, -0.1) is 10.2 Å². The highest BCUT2D eigenvalue weighted by Crippen LogP contribution is 2.24. The van der Waals surface area contributed by atoms with E-state index in [0.29, 0.717) is 12.5 Å². The minimum atomic E-state index is -0.213. The zero-order chi connectivity index (χ0) is 17.8. The van der Waals surface area contributed by atoms with E-state index in [0.717, 1.165) is 41.6 Å². The smallest absolute Gasteiger partial charge is 0.205 e. The number of piperidine rings is 1. The van der Waals surface area contributed by atoms with Gasteiger partial charge in [-0.2, -0.15) is 0 Å². The summed E-state index contributed by atoms with van der Waals surface area (Å²) < 4.78 is 13.0. The summed E-state index contributed by atoms with van der Waals surface area (Å²) in [6, 6.07) is 17.5. The Kier molecular flexibility index (Phi) is 5.11. The number of halogens is 1. The van der Waals surface area contributed by atoms with Crippen LogP contribution in [0.4, 0.5) is 15.2 Å². The standard InChI is InChI=1S/C20H21FN4S/c21-16-8-6-15(7-9-16)14-19-23-24-20(26-19)22-17-10-12-25(13-11-17)18-4-2-1-3-5-18/h1-9,17H,10-14H2,(H,22,24). The first-order valence-corrected chi connectivity index (χ1v) is 9.71. The van der Waals surface area contributed by atoms with Gasteiger partial charge < -0.3 is 10.2 Å². The quantitative estimate of drug-likeness (QED) is 0.727. The third-order valence-electron chi connectivity index (χ3n) is 4.68. The Morgan fingerprint density at radius 1 is 1.00 bits per heavy atom. The Morgan fingerprint density at radius 2 is 1.73 bits per heavy atom. The van der Waals surface area contributed by atoms with Crippen LogP contribution in [0.1, 0.15) is 23.4 Å². The van der Waals surface area contributed by atoms with Crippen molar-refractivity contribution < 1.29 is 4.39 Å². The molecule has 26 heavy (non-hydrogen) atoms. The van der Waals surface area contributed by atoms with Gasteiger partial charge in [-0.1, -0.05) is 41.7 Å². The molecule has 0 atom stereocenters. The number of benzene rings is 2. The maximum absolute atomic E-state index is 13.0. The largest absolute Gasteiger partial charge is 0.371 e.